The molecule has 1 heterocycles. The van der Waals surface area contributed by atoms with Crippen LogP contribution in [0.5, 0.6) is 0 Å². The van der Waals surface area contributed by atoms with E-state index >= 15 is 0 Å². The lowest BCUT2D eigenvalue weighted by molar-refractivity contribution is 0.171. The Kier molecular flexibility index (Phi) is 1.71. The summed E-state index contributed by atoms with van der Waals surface area (Å²) in [7, 11) is 0. The van der Waals surface area contributed by atoms with Gasteiger partial charge in [0.05, 0.1) is 0 Å². The van der Waals surface area contributed by atoms with Crippen molar-refractivity contribution in [3.8, 4) is 0 Å². The minimum absolute atomic E-state index is 0.718. The van der Waals surface area contributed by atoms with Gasteiger partial charge in [0.1, 0.15) is 0 Å². The summed E-state index contributed by atoms with van der Waals surface area (Å²) in [4.78, 5) is 2.76. The van der Waals surface area contributed by atoms with Crippen LogP contribution in [0.15, 0.2) is 0 Å². The Morgan fingerprint density at radius 2 is 2.09 bits per heavy atom. The van der Waals surface area contributed by atoms with Crippen molar-refractivity contribution in [1.29, 1.82) is 0 Å². The zero-order chi connectivity index (χ0) is 7.90. The fourth-order valence-corrected chi connectivity index (χ4v) is 2.55. The number of likely N-dealkylation sites (tertiary alicyclic amines) is 1. The summed E-state index contributed by atoms with van der Waals surface area (Å²) in [5, 5.41) is 0. The SMILES string of the molecule is CCC(C)N1CCCC12CC2. The molecular weight excluding hydrogens is 134 g/mol. The fourth-order valence-electron chi connectivity index (χ4n) is 2.55. The number of hydrogen-bond donors (Lipinski definition) is 0. The first-order valence-corrected chi connectivity index (χ1v) is 5.05. The van der Waals surface area contributed by atoms with Crippen LogP contribution in [0, 0.1) is 0 Å². The Morgan fingerprint density at radius 1 is 1.36 bits per heavy atom. The Balaban J connectivity index is 2.02. The van der Waals surface area contributed by atoms with Crippen LogP contribution in [0.4, 0.5) is 0 Å². The van der Waals surface area contributed by atoms with Gasteiger partial charge in [0.25, 0.3) is 0 Å². The second-order valence-electron chi connectivity index (χ2n) is 4.28. The molecule has 2 aliphatic rings. The summed E-state index contributed by atoms with van der Waals surface area (Å²) in [5.41, 5.74) is 0.718. The van der Waals surface area contributed by atoms with Crippen LogP contribution in [0.3, 0.4) is 0 Å². The molecular formula is C10H19N. The second kappa shape index (κ2) is 2.48. The van der Waals surface area contributed by atoms with Gasteiger partial charge >= 0.3 is 0 Å². The average molecular weight is 153 g/mol. The monoisotopic (exact) mass is 153 g/mol. The molecule has 0 N–H and O–H groups in total. The highest BCUT2D eigenvalue weighted by atomic mass is 15.3. The van der Waals surface area contributed by atoms with E-state index < -0.39 is 0 Å². The standard InChI is InChI=1S/C10H19N/c1-3-9(2)11-8-4-5-10(11)6-7-10/h9H,3-8H2,1-2H3. The van der Waals surface area contributed by atoms with Gasteiger partial charge in [0.2, 0.25) is 0 Å². The minimum atomic E-state index is 0.718. The van der Waals surface area contributed by atoms with Gasteiger partial charge in [-0.3, -0.25) is 4.90 Å². The molecule has 0 aromatic heterocycles. The van der Waals surface area contributed by atoms with E-state index in [0.717, 1.165) is 11.6 Å². The van der Waals surface area contributed by atoms with Crippen molar-refractivity contribution >= 4 is 0 Å². The van der Waals surface area contributed by atoms with E-state index in [1.807, 2.05) is 0 Å². The van der Waals surface area contributed by atoms with Crippen LogP contribution in [0.1, 0.15) is 46.0 Å². The van der Waals surface area contributed by atoms with Crippen LogP contribution in [0.25, 0.3) is 0 Å². The molecule has 1 saturated heterocycles. The third-order valence-electron chi connectivity index (χ3n) is 3.60. The van der Waals surface area contributed by atoms with Gasteiger partial charge in [0, 0.05) is 11.6 Å². The summed E-state index contributed by atoms with van der Waals surface area (Å²) >= 11 is 0. The van der Waals surface area contributed by atoms with Crippen LogP contribution >= 0.6 is 0 Å². The van der Waals surface area contributed by atoms with Crippen molar-refractivity contribution in [3.63, 3.8) is 0 Å². The number of rotatable bonds is 2. The van der Waals surface area contributed by atoms with Crippen molar-refractivity contribution in [2.24, 2.45) is 0 Å². The molecule has 1 unspecified atom stereocenters. The van der Waals surface area contributed by atoms with Gasteiger partial charge in [-0.15, -0.1) is 0 Å². The number of hydrogen-bond acceptors (Lipinski definition) is 1. The molecule has 1 saturated carbocycles. The van der Waals surface area contributed by atoms with Crippen molar-refractivity contribution in [3.05, 3.63) is 0 Å². The minimum Gasteiger partial charge on any atom is -0.295 e. The van der Waals surface area contributed by atoms with Crippen LogP contribution in [-0.2, 0) is 0 Å². The van der Waals surface area contributed by atoms with Gasteiger partial charge in [-0.05, 0) is 45.6 Å². The highest BCUT2D eigenvalue weighted by molar-refractivity contribution is 5.08. The Hall–Kier alpha value is -0.0400. The van der Waals surface area contributed by atoms with E-state index in [-0.39, 0.29) is 0 Å². The van der Waals surface area contributed by atoms with E-state index in [0.29, 0.717) is 0 Å². The van der Waals surface area contributed by atoms with E-state index in [1.54, 1.807) is 0 Å². The summed E-state index contributed by atoms with van der Waals surface area (Å²) in [6.45, 7) is 6.06. The van der Waals surface area contributed by atoms with E-state index in [1.165, 1.54) is 38.6 Å². The molecule has 1 nitrogen and oxygen atoms in total. The highest BCUT2D eigenvalue weighted by Crippen LogP contribution is 2.50. The molecule has 0 amide bonds. The highest BCUT2D eigenvalue weighted by Gasteiger charge is 2.51. The molecule has 0 aromatic carbocycles. The van der Waals surface area contributed by atoms with Crippen molar-refractivity contribution in [1.82, 2.24) is 4.90 Å². The molecule has 1 aliphatic carbocycles. The molecule has 1 spiro atoms. The van der Waals surface area contributed by atoms with Crippen molar-refractivity contribution in [2.45, 2.75) is 57.5 Å². The first kappa shape index (κ1) is 7.60. The Morgan fingerprint density at radius 3 is 2.64 bits per heavy atom. The van der Waals surface area contributed by atoms with E-state index in [9.17, 15) is 0 Å². The molecule has 1 heteroatoms. The molecule has 0 radical (unpaired) electrons. The predicted molar refractivity (Wildman–Crippen MR) is 47.7 cm³/mol. The Labute approximate surface area is 69.8 Å². The quantitative estimate of drug-likeness (QED) is 0.589. The average Bonchev–Trinajstić information content (AvgIpc) is 2.63. The Bertz CT molecular complexity index is 149. The summed E-state index contributed by atoms with van der Waals surface area (Å²) < 4.78 is 0. The lowest BCUT2D eigenvalue weighted by atomic mass is 10.1. The smallest absolute Gasteiger partial charge is 0.0214 e. The first-order valence-electron chi connectivity index (χ1n) is 5.05. The maximum Gasteiger partial charge on any atom is 0.0214 e. The molecule has 64 valence electrons. The molecule has 1 atom stereocenters. The third-order valence-corrected chi connectivity index (χ3v) is 3.60. The van der Waals surface area contributed by atoms with Gasteiger partial charge in [-0.25, -0.2) is 0 Å². The normalized spacial score (nSPS) is 31.1. The van der Waals surface area contributed by atoms with Crippen LogP contribution in [0.2, 0.25) is 0 Å². The molecule has 2 fully saturated rings. The maximum absolute atomic E-state index is 2.76. The topological polar surface area (TPSA) is 3.24 Å². The zero-order valence-electron chi connectivity index (χ0n) is 7.77. The predicted octanol–water partition coefficient (Wildman–Crippen LogP) is 2.41. The largest absolute Gasteiger partial charge is 0.295 e. The van der Waals surface area contributed by atoms with Gasteiger partial charge in [-0.2, -0.15) is 0 Å². The van der Waals surface area contributed by atoms with Crippen LogP contribution in [-0.4, -0.2) is 23.0 Å². The lowest BCUT2D eigenvalue weighted by Crippen LogP contribution is -2.38. The summed E-state index contributed by atoms with van der Waals surface area (Å²) in [6.07, 6.45) is 7.22. The number of nitrogens with zero attached hydrogens (tertiary/aromatic N) is 1. The summed E-state index contributed by atoms with van der Waals surface area (Å²) in [5.74, 6) is 0. The summed E-state index contributed by atoms with van der Waals surface area (Å²) in [6, 6.07) is 0.833. The van der Waals surface area contributed by atoms with E-state index in [2.05, 4.69) is 18.7 Å². The molecule has 11 heavy (non-hydrogen) atoms. The molecule has 2 rings (SSSR count). The second-order valence-corrected chi connectivity index (χ2v) is 4.28. The van der Waals surface area contributed by atoms with Crippen molar-refractivity contribution in [2.75, 3.05) is 6.54 Å². The van der Waals surface area contributed by atoms with Crippen molar-refractivity contribution < 1.29 is 0 Å². The molecule has 1 aliphatic heterocycles. The van der Waals surface area contributed by atoms with Gasteiger partial charge in [-0.1, -0.05) is 6.92 Å². The van der Waals surface area contributed by atoms with Gasteiger partial charge < -0.3 is 0 Å². The fraction of sp³-hybridized carbons (Fsp3) is 1.00. The molecule has 0 aromatic rings. The maximum atomic E-state index is 2.76. The third kappa shape index (κ3) is 1.10. The van der Waals surface area contributed by atoms with E-state index in [4.69, 9.17) is 0 Å². The zero-order valence-corrected chi connectivity index (χ0v) is 7.77. The molecule has 0 bridgehead atoms. The van der Waals surface area contributed by atoms with Crippen LogP contribution < -0.4 is 0 Å². The van der Waals surface area contributed by atoms with Gasteiger partial charge in [0.15, 0.2) is 0 Å². The lowest BCUT2D eigenvalue weighted by Gasteiger charge is -2.29. The first-order chi connectivity index (χ1) is 5.28.